The Morgan fingerprint density at radius 3 is 2.57 bits per heavy atom. The predicted molar refractivity (Wildman–Crippen MR) is 139 cm³/mol. The Morgan fingerprint density at radius 1 is 1.03 bits per heavy atom. The molecule has 3 aromatic carbocycles. The van der Waals surface area contributed by atoms with Crippen LogP contribution in [0, 0.1) is 0 Å². The van der Waals surface area contributed by atoms with Gasteiger partial charge in [0.2, 0.25) is 5.91 Å². The number of nitrogens with one attached hydrogen (secondary N) is 2. The van der Waals surface area contributed by atoms with Crippen molar-refractivity contribution in [2.75, 3.05) is 23.3 Å². The summed E-state index contributed by atoms with van der Waals surface area (Å²) in [5, 5.41) is 3.99. The summed E-state index contributed by atoms with van der Waals surface area (Å²) in [6, 6.07) is 24.0. The molecule has 1 saturated heterocycles. The second-order valence-electron chi connectivity index (χ2n) is 10.1. The van der Waals surface area contributed by atoms with E-state index in [4.69, 9.17) is 0 Å². The van der Waals surface area contributed by atoms with Crippen molar-refractivity contribution in [1.29, 1.82) is 0 Å². The van der Waals surface area contributed by atoms with Crippen molar-refractivity contribution in [2.45, 2.75) is 31.8 Å². The number of likely N-dealkylation sites (tertiary alicyclic amines) is 1. The fraction of sp³-hybridized carbons (Fsp3) is 0.241. The molecule has 176 valence electrons. The zero-order valence-electron chi connectivity index (χ0n) is 19.9. The van der Waals surface area contributed by atoms with E-state index in [1.165, 1.54) is 5.56 Å². The SMILES string of the molecule is CC1(C)C(=O)N(C2CN(Cc3ccccc3)C2)c2cc(C(=O)Nc3c[nH]c4ccccc34)ccc21. The monoisotopic (exact) mass is 464 g/mol. The highest BCUT2D eigenvalue weighted by Crippen LogP contribution is 2.44. The first-order chi connectivity index (χ1) is 16.9. The van der Waals surface area contributed by atoms with Gasteiger partial charge in [0.1, 0.15) is 0 Å². The molecule has 2 N–H and O–H groups in total. The van der Waals surface area contributed by atoms with Gasteiger partial charge in [-0.2, -0.15) is 0 Å². The topological polar surface area (TPSA) is 68.4 Å². The predicted octanol–water partition coefficient (Wildman–Crippen LogP) is 4.93. The number of aromatic amines is 1. The van der Waals surface area contributed by atoms with Gasteiger partial charge in [0.25, 0.3) is 5.91 Å². The molecule has 0 atom stereocenters. The Bertz CT molecular complexity index is 1430. The zero-order valence-corrected chi connectivity index (χ0v) is 19.9. The molecule has 35 heavy (non-hydrogen) atoms. The van der Waals surface area contributed by atoms with Crippen LogP contribution in [-0.4, -0.2) is 40.8 Å². The number of anilines is 2. The van der Waals surface area contributed by atoms with Crippen LogP contribution in [0.2, 0.25) is 0 Å². The lowest BCUT2D eigenvalue weighted by molar-refractivity contribution is -0.123. The lowest BCUT2D eigenvalue weighted by atomic mass is 9.86. The van der Waals surface area contributed by atoms with Gasteiger partial charge in [-0.25, -0.2) is 0 Å². The summed E-state index contributed by atoms with van der Waals surface area (Å²) < 4.78 is 0. The summed E-state index contributed by atoms with van der Waals surface area (Å²) in [6.07, 6.45) is 1.81. The van der Waals surface area contributed by atoms with Crippen molar-refractivity contribution in [2.24, 2.45) is 0 Å². The molecule has 0 bridgehead atoms. The highest BCUT2D eigenvalue weighted by atomic mass is 16.2. The van der Waals surface area contributed by atoms with Crippen LogP contribution in [0.25, 0.3) is 10.9 Å². The average molecular weight is 465 g/mol. The molecule has 1 aromatic heterocycles. The van der Waals surface area contributed by atoms with Gasteiger partial charge in [0.15, 0.2) is 0 Å². The third kappa shape index (κ3) is 3.61. The van der Waals surface area contributed by atoms with E-state index < -0.39 is 5.41 Å². The van der Waals surface area contributed by atoms with Gasteiger partial charge in [0, 0.05) is 48.0 Å². The van der Waals surface area contributed by atoms with Crippen LogP contribution in [0.3, 0.4) is 0 Å². The Kier molecular flexibility index (Phi) is 5.00. The molecule has 0 spiro atoms. The van der Waals surface area contributed by atoms with Crippen LogP contribution in [0.1, 0.15) is 35.3 Å². The van der Waals surface area contributed by atoms with E-state index in [0.717, 1.165) is 47.5 Å². The highest BCUT2D eigenvalue weighted by Gasteiger charge is 2.49. The Labute approximate surface area is 204 Å². The Balaban J connectivity index is 1.24. The normalized spacial score (nSPS) is 17.4. The average Bonchev–Trinajstić information content (AvgIpc) is 3.33. The quantitative estimate of drug-likeness (QED) is 0.440. The molecule has 6 nitrogen and oxygen atoms in total. The molecular weight excluding hydrogens is 436 g/mol. The number of fused-ring (bicyclic) bond motifs is 2. The lowest BCUT2D eigenvalue weighted by Gasteiger charge is -2.44. The molecule has 0 aliphatic carbocycles. The summed E-state index contributed by atoms with van der Waals surface area (Å²) in [5.41, 5.74) is 4.76. The second-order valence-corrected chi connectivity index (χ2v) is 10.1. The number of rotatable bonds is 5. The molecule has 1 fully saturated rings. The number of carbonyl (C=O) groups excluding carboxylic acids is 2. The van der Waals surface area contributed by atoms with Gasteiger partial charge in [-0.3, -0.25) is 14.5 Å². The zero-order chi connectivity index (χ0) is 24.2. The van der Waals surface area contributed by atoms with E-state index in [1.54, 1.807) is 0 Å². The largest absolute Gasteiger partial charge is 0.359 e. The lowest BCUT2D eigenvalue weighted by Crippen LogP contribution is -2.61. The van der Waals surface area contributed by atoms with Gasteiger partial charge in [-0.1, -0.05) is 54.6 Å². The van der Waals surface area contributed by atoms with Crippen molar-refractivity contribution >= 4 is 34.1 Å². The molecule has 2 amide bonds. The number of para-hydroxylation sites is 1. The fourth-order valence-electron chi connectivity index (χ4n) is 5.34. The van der Waals surface area contributed by atoms with Crippen molar-refractivity contribution in [3.05, 3.63) is 95.7 Å². The van der Waals surface area contributed by atoms with E-state index in [1.807, 2.05) is 73.5 Å². The molecule has 6 rings (SSSR count). The number of nitrogens with zero attached hydrogens (tertiary/aromatic N) is 2. The van der Waals surface area contributed by atoms with Crippen LogP contribution in [0.15, 0.2) is 79.0 Å². The summed E-state index contributed by atoms with van der Waals surface area (Å²) in [6.45, 7) is 6.47. The Hall–Kier alpha value is -3.90. The third-order valence-corrected chi connectivity index (χ3v) is 7.34. The first-order valence-electron chi connectivity index (χ1n) is 12.0. The highest BCUT2D eigenvalue weighted by molar-refractivity contribution is 6.12. The van der Waals surface area contributed by atoms with Crippen LogP contribution >= 0.6 is 0 Å². The number of benzene rings is 3. The van der Waals surface area contributed by atoms with Crippen LogP contribution < -0.4 is 10.2 Å². The van der Waals surface area contributed by atoms with Crippen molar-refractivity contribution < 1.29 is 9.59 Å². The molecule has 2 aliphatic heterocycles. The number of hydrogen-bond acceptors (Lipinski definition) is 3. The second kappa shape index (κ2) is 8.10. The van der Waals surface area contributed by atoms with E-state index in [9.17, 15) is 9.59 Å². The molecule has 2 aliphatic rings. The molecule has 4 aromatic rings. The van der Waals surface area contributed by atoms with Crippen LogP contribution in [0.5, 0.6) is 0 Å². The Morgan fingerprint density at radius 2 is 1.77 bits per heavy atom. The maximum absolute atomic E-state index is 13.5. The van der Waals surface area contributed by atoms with Gasteiger partial charge in [0.05, 0.1) is 17.1 Å². The summed E-state index contributed by atoms with van der Waals surface area (Å²) in [5.74, 6) is -0.0833. The first-order valence-corrected chi connectivity index (χ1v) is 12.0. The molecular formula is C29H28N4O2. The van der Waals surface area contributed by atoms with Crippen molar-refractivity contribution in [3.8, 4) is 0 Å². The number of amides is 2. The summed E-state index contributed by atoms with van der Waals surface area (Å²) in [4.78, 5) is 34.1. The van der Waals surface area contributed by atoms with Crippen LogP contribution in [0.4, 0.5) is 11.4 Å². The smallest absolute Gasteiger partial charge is 0.255 e. The van der Waals surface area contributed by atoms with E-state index in [2.05, 4.69) is 39.5 Å². The maximum atomic E-state index is 13.5. The molecule has 3 heterocycles. The van der Waals surface area contributed by atoms with Gasteiger partial charge >= 0.3 is 0 Å². The molecule has 0 saturated carbocycles. The number of carbonyl (C=O) groups is 2. The number of aromatic nitrogens is 1. The molecule has 0 unspecified atom stereocenters. The van der Waals surface area contributed by atoms with E-state index in [-0.39, 0.29) is 17.9 Å². The summed E-state index contributed by atoms with van der Waals surface area (Å²) in [7, 11) is 0. The van der Waals surface area contributed by atoms with Gasteiger partial charge in [-0.15, -0.1) is 0 Å². The minimum Gasteiger partial charge on any atom is -0.359 e. The third-order valence-electron chi connectivity index (χ3n) is 7.34. The first kappa shape index (κ1) is 21.6. The van der Waals surface area contributed by atoms with Crippen LogP contribution in [-0.2, 0) is 16.8 Å². The minimum atomic E-state index is -0.610. The standard InChI is InChI=1S/C29H28N4O2/c1-29(2)23-13-12-20(27(34)31-25-15-30-24-11-7-6-10-22(24)25)14-26(23)33(28(29)35)21-17-32(18-21)16-19-8-4-3-5-9-19/h3-15,21,30H,16-18H2,1-2H3,(H,31,34). The van der Waals surface area contributed by atoms with Gasteiger partial charge < -0.3 is 15.2 Å². The molecule has 0 radical (unpaired) electrons. The van der Waals surface area contributed by atoms with E-state index in [0.29, 0.717) is 5.56 Å². The van der Waals surface area contributed by atoms with Crippen molar-refractivity contribution in [1.82, 2.24) is 9.88 Å². The van der Waals surface area contributed by atoms with E-state index >= 15 is 0 Å². The van der Waals surface area contributed by atoms with Crippen molar-refractivity contribution in [3.63, 3.8) is 0 Å². The minimum absolute atomic E-state index is 0.103. The number of hydrogen-bond donors (Lipinski definition) is 2. The maximum Gasteiger partial charge on any atom is 0.255 e. The molecule has 6 heteroatoms. The summed E-state index contributed by atoms with van der Waals surface area (Å²) >= 11 is 0. The van der Waals surface area contributed by atoms with Gasteiger partial charge in [-0.05, 0) is 43.2 Å². The number of H-pyrrole nitrogens is 1. The fourth-order valence-corrected chi connectivity index (χ4v) is 5.34.